The molecule has 0 radical (unpaired) electrons. The number of rotatable bonds is 5. The predicted molar refractivity (Wildman–Crippen MR) is 71.9 cm³/mol. The largest absolute Gasteiger partial charge is 0.395 e. The molecule has 0 aromatic heterocycles. The van der Waals surface area contributed by atoms with Gasteiger partial charge in [-0.15, -0.1) is 0 Å². The predicted octanol–water partition coefficient (Wildman–Crippen LogP) is 1.09. The first kappa shape index (κ1) is 14.7. The Bertz CT molecular complexity index is 388. The Balaban J connectivity index is 3.00. The lowest BCUT2D eigenvalue weighted by Crippen LogP contribution is -2.53. The van der Waals surface area contributed by atoms with E-state index >= 15 is 0 Å². The summed E-state index contributed by atoms with van der Waals surface area (Å²) in [7, 11) is 0. The van der Waals surface area contributed by atoms with Crippen LogP contribution in [-0.4, -0.2) is 35.1 Å². The van der Waals surface area contributed by atoms with Gasteiger partial charge in [-0.3, -0.25) is 4.79 Å². The van der Waals surface area contributed by atoms with Crippen molar-refractivity contribution in [2.24, 2.45) is 5.73 Å². The Morgan fingerprint density at radius 1 is 1.39 bits per heavy atom. The van der Waals surface area contributed by atoms with Gasteiger partial charge in [0.05, 0.1) is 6.61 Å². The molecule has 0 aliphatic heterocycles. The minimum absolute atomic E-state index is 0.0104. The average Bonchev–Trinajstić information content (AvgIpc) is 2.35. The van der Waals surface area contributed by atoms with Crippen LogP contribution in [0.15, 0.2) is 30.3 Å². The van der Waals surface area contributed by atoms with Crippen LogP contribution in [0.5, 0.6) is 0 Å². The maximum absolute atomic E-state index is 12.5. The summed E-state index contributed by atoms with van der Waals surface area (Å²) < 4.78 is 0. The van der Waals surface area contributed by atoms with E-state index in [4.69, 9.17) is 10.8 Å². The van der Waals surface area contributed by atoms with Crippen LogP contribution >= 0.6 is 0 Å². The normalized spacial score (nSPS) is 14.3. The molecular formula is C14H22N2O2. The summed E-state index contributed by atoms with van der Waals surface area (Å²) in [5.41, 5.74) is 5.89. The highest BCUT2D eigenvalue weighted by atomic mass is 16.3. The molecule has 0 heterocycles. The van der Waals surface area contributed by atoms with Gasteiger partial charge in [0.15, 0.2) is 0 Å². The maximum Gasteiger partial charge on any atom is 0.247 e. The smallest absolute Gasteiger partial charge is 0.247 e. The van der Waals surface area contributed by atoms with Crippen LogP contribution in [-0.2, 0) is 10.3 Å². The summed E-state index contributed by atoms with van der Waals surface area (Å²) in [6, 6.07) is 9.30. The highest BCUT2D eigenvalue weighted by Crippen LogP contribution is 2.21. The van der Waals surface area contributed by atoms with Crippen molar-refractivity contribution in [3.8, 4) is 0 Å². The molecule has 18 heavy (non-hydrogen) atoms. The van der Waals surface area contributed by atoms with E-state index in [1.54, 1.807) is 11.8 Å². The summed E-state index contributed by atoms with van der Waals surface area (Å²) in [5, 5.41) is 9.04. The van der Waals surface area contributed by atoms with Crippen LogP contribution in [0.25, 0.3) is 0 Å². The lowest BCUT2D eigenvalue weighted by Gasteiger charge is -2.34. The summed E-state index contributed by atoms with van der Waals surface area (Å²) in [6.07, 6.45) is 0. The molecule has 1 atom stereocenters. The van der Waals surface area contributed by atoms with Gasteiger partial charge < -0.3 is 15.7 Å². The van der Waals surface area contributed by atoms with E-state index in [1.165, 1.54) is 0 Å². The van der Waals surface area contributed by atoms with Crippen molar-refractivity contribution < 1.29 is 9.90 Å². The molecule has 0 aliphatic carbocycles. The molecule has 0 saturated carbocycles. The average molecular weight is 250 g/mol. The topological polar surface area (TPSA) is 66.6 Å². The second-order valence-electron chi connectivity index (χ2n) is 4.88. The third kappa shape index (κ3) is 3.09. The van der Waals surface area contributed by atoms with Crippen molar-refractivity contribution in [1.29, 1.82) is 0 Å². The zero-order chi connectivity index (χ0) is 13.8. The second kappa shape index (κ2) is 5.98. The van der Waals surface area contributed by atoms with Crippen molar-refractivity contribution in [2.45, 2.75) is 32.4 Å². The van der Waals surface area contributed by atoms with Crippen molar-refractivity contribution in [2.75, 3.05) is 13.2 Å². The fraction of sp³-hybridized carbons (Fsp3) is 0.500. The Kier molecular flexibility index (Phi) is 4.87. The van der Waals surface area contributed by atoms with Gasteiger partial charge in [-0.25, -0.2) is 0 Å². The highest BCUT2D eigenvalue weighted by Gasteiger charge is 2.35. The monoisotopic (exact) mass is 250 g/mol. The molecule has 100 valence electrons. The van der Waals surface area contributed by atoms with Gasteiger partial charge in [-0.05, 0) is 26.3 Å². The minimum atomic E-state index is -1.07. The number of nitrogens with zero attached hydrogens (tertiary/aromatic N) is 1. The van der Waals surface area contributed by atoms with Gasteiger partial charge in [0.1, 0.15) is 5.54 Å². The number of carbonyl (C=O) groups excluding carboxylic acids is 1. The zero-order valence-electron chi connectivity index (χ0n) is 11.3. The van der Waals surface area contributed by atoms with Crippen molar-refractivity contribution in [1.82, 2.24) is 4.90 Å². The van der Waals surface area contributed by atoms with Gasteiger partial charge in [0.25, 0.3) is 0 Å². The van der Waals surface area contributed by atoms with Crippen molar-refractivity contribution in [3.05, 3.63) is 35.9 Å². The molecular weight excluding hydrogens is 228 g/mol. The lowest BCUT2D eigenvalue weighted by molar-refractivity contribution is -0.139. The Morgan fingerprint density at radius 2 is 1.94 bits per heavy atom. The van der Waals surface area contributed by atoms with Gasteiger partial charge in [-0.1, -0.05) is 30.3 Å². The zero-order valence-corrected chi connectivity index (χ0v) is 11.3. The minimum Gasteiger partial charge on any atom is -0.395 e. The van der Waals surface area contributed by atoms with E-state index in [1.807, 2.05) is 44.2 Å². The number of aliphatic hydroxyl groups is 1. The third-order valence-electron chi connectivity index (χ3n) is 3.04. The van der Waals surface area contributed by atoms with Gasteiger partial charge >= 0.3 is 0 Å². The van der Waals surface area contributed by atoms with E-state index in [9.17, 15) is 4.79 Å². The molecule has 1 aromatic rings. The molecule has 1 rings (SSSR count). The number of aliphatic hydroxyl groups excluding tert-OH is 1. The van der Waals surface area contributed by atoms with Crippen LogP contribution in [0.3, 0.4) is 0 Å². The fourth-order valence-corrected chi connectivity index (χ4v) is 1.91. The molecule has 1 amide bonds. The SMILES string of the molecule is CC(C)N(CCO)C(=O)C(C)(N)c1ccccc1. The quantitative estimate of drug-likeness (QED) is 0.822. The van der Waals surface area contributed by atoms with Crippen molar-refractivity contribution >= 4 is 5.91 Å². The van der Waals surface area contributed by atoms with E-state index in [0.717, 1.165) is 5.56 Å². The number of hydrogen-bond donors (Lipinski definition) is 2. The molecule has 0 bridgehead atoms. The van der Waals surface area contributed by atoms with Gasteiger partial charge in [0.2, 0.25) is 5.91 Å². The van der Waals surface area contributed by atoms with Gasteiger partial charge in [0, 0.05) is 12.6 Å². The number of hydrogen-bond acceptors (Lipinski definition) is 3. The third-order valence-corrected chi connectivity index (χ3v) is 3.04. The lowest BCUT2D eigenvalue weighted by atomic mass is 9.91. The van der Waals surface area contributed by atoms with Crippen LogP contribution in [0.2, 0.25) is 0 Å². The molecule has 4 nitrogen and oxygen atoms in total. The molecule has 1 aromatic carbocycles. The van der Waals surface area contributed by atoms with E-state index in [2.05, 4.69) is 0 Å². The van der Waals surface area contributed by atoms with Crippen LogP contribution < -0.4 is 5.73 Å². The molecule has 1 unspecified atom stereocenters. The summed E-state index contributed by atoms with van der Waals surface area (Å²) in [5.74, 6) is -0.169. The summed E-state index contributed by atoms with van der Waals surface area (Å²) in [4.78, 5) is 14.1. The number of benzene rings is 1. The Labute approximate surface area is 108 Å². The Hall–Kier alpha value is -1.39. The highest BCUT2D eigenvalue weighted by molar-refractivity contribution is 5.87. The fourth-order valence-electron chi connectivity index (χ4n) is 1.91. The van der Waals surface area contributed by atoms with Crippen LogP contribution in [0.1, 0.15) is 26.3 Å². The number of carbonyl (C=O) groups is 1. The molecule has 3 N–H and O–H groups in total. The number of amides is 1. The number of nitrogens with two attached hydrogens (primary N) is 1. The molecule has 0 aliphatic rings. The van der Waals surface area contributed by atoms with E-state index in [-0.39, 0.29) is 18.6 Å². The first-order valence-corrected chi connectivity index (χ1v) is 6.17. The Morgan fingerprint density at radius 3 is 2.39 bits per heavy atom. The van der Waals surface area contributed by atoms with Crippen molar-refractivity contribution in [3.63, 3.8) is 0 Å². The van der Waals surface area contributed by atoms with Gasteiger partial charge in [-0.2, -0.15) is 0 Å². The second-order valence-corrected chi connectivity index (χ2v) is 4.88. The molecule has 0 saturated heterocycles. The first-order valence-electron chi connectivity index (χ1n) is 6.17. The van der Waals surface area contributed by atoms with Crippen LogP contribution in [0, 0.1) is 0 Å². The maximum atomic E-state index is 12.5. The summed E-state index contributed by atoms with van der Waals surface area (Å²) in [6.45, 7) is 5.77. The molecule has 4 heteroatoms. The van der Waals surface area contributed by atoms with E-state index in [0.29, 0.717) is 6.54 Å². The standard InChI is InChI=1S/C14H22N2O2/c1-11(2)16(9-10-17)13(18)14(3,15)12-7-5-4-6-8-12/h4-8,11,17H,9-10,15H2,1-3H3. The van der Waals surface area contributed by atoms with E-state index < -0.39 is 5.54 Å². The van der Waals surface area contributed by atoms with Crippen LogP contribution in [0.4, 0.5) is 0 Å². The molecule has 0 spiro atoms. The summed E-state index contributed by atoms with van der Waals surface area (Å²) >= 11 is 0. The molecule has 0 fully saturated rings. The first-order chi connectivity index (χ1) is 8.41.